The van der Waals surface area contributed by atoms with Crippen LogP contribution in [0.1, 0.15) is 38.8 Å². The first-order valence-corrected chi connectivity index (χ1v) is 11.8. The predicted octanol–water partition coefficient (Wildman–Crippen LogP) is 6.48. The van der Waals surface area contributed by atoms with Crippen LogP contribution in [0.25, 0.3) is 21.5 Å². The lowest BCUT2D eigenvalue weighted by Gasteiger charge is -2.32. The molecule has 1 fully saturated rings. The predicted molar refractivity (Wildman–Crippen MR) is 141 cm³/mol. The highest BCUT2D eigenvalue weighted by Gasteiger charge is 2.52. The van der Waals surface area contributed by atoms with Crippen LogP contribution in [0.3, 0.4) is 0 Å². The van der Waals surface area contributed by atoms with Crippen LogP contribution in [0.4, 0.5) is 0 Å². The SMILES string of the molecule is CC1(C)OB(c2cccc3c(C#N)cccc23)OC1(C)C.N#Cc1cccc2c(Br)cccc12. The number of hydrogen-bond acceptors (Lipinski definition) is 4. The zero-order chi connectivity index (χ0) is 24.5. The largest absolute Gasteiger partial charge is 0.495 e. The Hall–Kier alpha value is -3.16. The summed E-state index contributed by atoms with van der Waals surface area (Å²) in [4.78, 5) is 0. The highest BCUT2D eigenvalue weighted by molar-refractivity contribution is 9.10. The van der Waals surface area contributed by atoms with Gasteiger partial charge in [0.1, 0.15) is 0 Å². The third-order valence-electron chi connectivity index (χ3n) is 6.57. The van der Waals surface area contributed by atoms with Crippen molar-refractivity contribution in [2.45, 2.75) is 38.9 Å². The first-order chi connectivity index (χ1) is 16.2. The third kappa shape index (κ3) is 4.33. The van der Waals surface area contributed by atoms with E-state index in [2.05, 4.69) is 28.1 Å². The molecule has 5 rings (SSSR count). The Morgan fingerprint density at radius 1 is 0.647 bits per heavy atom. The normalized spacial score (nSPS) is 15.9. The van der Waals surface area contributed by atoms with Crippen molar-refractivity contribution in [1.29, 1.82) is 10.5 Å². The van der Waals surface area contributed by atoms with Crippen LogP contribution in [0.2, 0.25) is 0 Å². The van der Waals surface area contributed by atoms with Crippen molar-refractivity contribution in [3.8, 4) is 12.1 Å². The number of nitriles is 2. The van der Waals surface area contributed by atoms with Crippen molar-refractivity contribution in [2.75, 3.05) is 0 Å². The molecule has 1 heterocycles. The van der Waals surface area contributed by atoms with Gasteiger partial charge in [0.25, 0.3) is 0 Å². The Labute approximate surface area is 209 Å². The molecule has 168 valence electrons. The Morgan fingerprint density at radius 3 is 1.65 bits per heavy atom. The fourth-order valence-electron chi connectivity index (χ4n) is 3.98. The van der Waals surface area contributed by atoms with Gasteiger partial charge in [0.15, 0.2) is 0 Å². The van der Waals surface area contributed by atoms with Crippen LogP contribution in [-0.2, 0) is 9.31 Å². The summed E-state index contributed by atoms with van der Waals surface area (Å²) < 4.78 is 13.3. The maximum atomic E-state index is 9.25. The van der Waals surface area contributed by atoms with Crippen molar-refractivity contribution in [2.24, 2.45) is 0 Å². The molecule has 0 atom stereocenters. The molecule has 6 heteroatoms. The molecule has 4 aromatic rings. The molecular weight excluding hydrogens is 487 g/mol. The van der Waals surface area contributed by atoms with E-state index >= 15 is 0 Å². The molecule has 1 aliphatic rings. The second-order valence-corrected chi connectivity index (χ2v) is 10.1. The monoisotopic (exact) mass is 510 g/mol. The Morgan fingerprint density at radius 2 is 1.09 bits per heavy atom. The Balaban J connectivity index is 0.000000180. The van der Waals surface area contributed by atoms with Gasteiger partial charge in [-0.05, 0) is 67.5 Å². The van der Waals surface area contributed by atoms with Crippen LogP contribution in [-0.4, -0.2) is 18.3 Å². The molecule has 0 aromatic heterocycles. The Kier molecular flexibility index (Phi) is 6.52. The average molecular weight is 511 g/mol. The number of fused-ring (bicyclic) bond motifs is 2. The van der Waals surface area contributed by atoms with Crippen molar-refractivity contribution in [3.63, 3.8) is 0 Å². The van der Waals surface area contributed by atoms with Crippen LogP contribution >= 0.6 is 15.9 Å². The van der Waals surface area contributed by atoms with Crippen LogP contribution in [0.5, 0.6) is 0 Å². The zero-order valence-corrected chi connectivity index (χ0v) is 21.2. The summed E-state index contributed by atoms with van der Waals surface area (Å²) in [5, 5.41) is 22.1. The highest BCUT2D eigenvalue weighted by Crippen LogP contribution is 2.37. The molecule has 0 saturated carbocycles. The van der Waals surface area contributed by atoms with Gasteiger partial charge in [-0.3, -0.25) is 0 Å². The summed E-state index contributed by atoms with van der Waals surface area (Å²) in [6.07, 6.45) is 0. The first-order valence-electron chi connectivity index (χ1n) is 11.0. The summed E-state index contributed by atoms with van der Waals surface area (Å²) in [6, 6.07) is 27.7. The topological polar surface area (TPSA) is 66.0 Å². The molecule has 0 bridgehead atoms. The number of hydrogen-bond donors (Lipinski definition) is 0. The lowest BCUT2D eigenvalue weighted by molar-refractivity contribution is 0.00578. The van der Waals surface area contributed by atoms with E-state index < -0.39 is 7.12 Å². The van der Waals surface area contributed by atoms with Gasteiger partial charge in [0.2, 0.25) is 0 Å². The van der Waals surface area contributed by atoms with E-state index in [9.17, 15) is 5.26 Å². The number of benzene rings is 4. The lowest BCUT2D eigenvalue weighted by atomic mass is 9.76. The lowest BCUT2D eigenvalue weighted by Crippen LogP contribution is -2.41. The zero-order valence-electron chi connectivity index (χ0n) is 19.6. The molecule has 1 aliphatic heterocycles. The van der Waals surface area contributed by atoms with Crippen LogP contribution in [0, 0.1) is 22.7 Å². The van der Waals surface area contributed by atoms with Crippen molar-refractivity contribution < 1.29 is 9.31 Å². The molecular formula is C28H24BBrN2O2. The summed E-state index contributed by atoms with van der Waals surface area (Å²) in [5.74, 6) is 0. The molecule has 0 unspecified atom stereocenters. The molecule has 0 aliphatic carbocycles. The maximum absolute atomic E-state index is 9.25. The van der Waals surface area contributed by atoms with E-state index in [0.29, 0.717) is 5.56 Å². The fourth-order valence-corrected chi connectivity index (χ4v) is 4.47. The highest BCUT2D eigenvalue weighted by atomic mass is 79.9. The van der Waals surface area contributed by atoms with Gasteiger partial charge in [-0.2, -0.15) is 10.5 Å². The molecule has 1 saturated heterocycles. The average Bonchev–Trinajstić information content (AvgIpc) is 3.05. The van der Waals surface area contributed by atoms with Crippen molar-refractivity contribution in [1.82, 2.24) is 0 Å². The third-order valence-corrected chi connectivity index (χ3v) is 7.26. The molecule has 4 aromatic carbocycles. The first kappa shape index (κ1) is 24.0. The minimum atomic E-state index is -0.410. The van der Waals surface area contributed by atoms with E-state index in [4.69, 9.17) is 14.6 Å². The van der Waals surface area contributed by atoms with Crippen molar-refractivity contribution >= 4 is 50.1 Å². The van der Waals surface area contributed by atoms with Gasteiger partial charge >= 0.3 is 7.12 Å². The summed E-state index contributed by atoms with van der Waals surface area (Å²) in [7, 11) is -0.410. The quantitative estimate of drug-likeness (QED) is 0.275. The van der Waals surface area contributed by atoms with E-state index in [1.165, 1.54) is 0 Å². The fraction of sp³-hybridized carbons (Fsp3) is 0.214. The standard InChI is InChI=1S/C17H18BNO2.C11H6BrN/c1-16(2)17(3,4)21-18(20-16)15-10-6-8-13-12(11-19)7-5-9-14(13)15;12-11-6-2-4-9-8(7-13)3-1-5-10(9)11/h5-10H,1-4H3;1-6H. The van der Waals surface area contributed by atoms with Crippen LogP contribution < -0.4 is 5.46 Å². The van der Waals surface area contributed by atoms with Crippen molar-refractivity contribution in [3.05, 3.63) is 88.4 Å². The molecule has 0 amide bonds. The van der Waals surface area contributed by atoms with E-state index in [-0.39, 0.29) is 11.2 Å². The van der Waals surface area contributed by atoms with E-state index in [1.54, 1.807) is 0 Å². The summed E-state index contributed by atoms with van der Waals surface area (Å²) >= 11 is 3.45. The van der Waals surface area contributed by atoms with Gasteiger partial charge in [-0.25, -0.2) is 0 Å². The summed E-state index contributed by atoms with van der Waals surface area (Å²) in [5.41, 5.74) is 1.63. The molecule has 0 N–H and O–H groups in total. The number of rotatable bonds is 1. The van der Waals surface area contributed by atoms with Crippen LogP contribution in [0.15, 0.2) is 77.3 Å². The second-order valence-electron chi connectivity index (χ2n) is 9.20. The molecule has 34 heavy (non-hydrogen) atoms. The summed E-state index contributed by atoms with van der Waals surface area (Å²) in [6.45, 7) is 8.16. The molecule has 0 spiro atoms. The Bertz CT molecular complexity index is 1450. The molecule has 4 nitrogen and oxygen atoms in total. The number of halogens is 1. The minimum absolute atomic E-state index is 0.368. The minimum Gasteiger partial charge on any atom is -0.399 e. The maximum Gasteiger partial charge on any atom is 0.495 e. The molecule has 0 radical (unpaired) electrons. The van der Waals surface area contributed by atoms with E-state index in [0.717, 1.165) is 37.0 Å². The van der Waals surface area contributed by atoms with Gasteiger partial charge in [0.05, 0.1) is 34.5 Å². The van der Waals surface area contributed by atoms with E-state index in [1.807, 2.05) is 100 Å². The second kappa shape index (κ2) is 9.24. The van der Waals surface area contributed by atoms with Gasteiger partial charge in [-0.15, -0.1) is 0 Å². The number of nitrogens with zero attached hydrogens (tertiary/aromatic N) is 2. The van der Waals surface area contributed by atoms with Gasteiger partial charge in [-0.1, -0.05) is 70.5 Å². The van der Waals surface area contributed by atoms with Gasteiger partial charge in [0, 0.05) is 9.86 Å². The smallest absolute Gasteiger partial charge is 0.399 e. The van der Waals surface area contributed by atoms with Gasteiger partial charge < -0.3 is 9.31 Å².